The van der Waals surface area contributed by atoms with Crippen molar-refractivity contribution in [2.24, 2.45) is 5.73 Å². The molecule has 2 amide bonds. The first-order valence-corrected chi connectivity index (χ1v) is 11.0. The molecular weight excluding hydrogens is 418 g/mol. The number of aromatic amines is 1. The van der Waals surface area contributed by atoms with E-state index in [-0.39, 0.29) is 5.91 Å². The number of nitrogens with one attached hydrogen (secondary N) is 2. The molecule has 0 spiro atoms. The van der Waals surface area contributed by atoms with E-state index in [9.17, 15) is 9.59 Å². The number of benzene rings is 2. The fourth-order valence-corrected chi connectivity index (χ4v) is 4.19. The minimum Gasteiger partial charge on any atom is -0.379 e. The van der Waals surface area contributed by atoms with Crippen LogP contribution in [0.4, 0.5) is 0 Å². The van der Waals surface area contributed by atoms with Crippen LogP contribution < -0.4 is 11.1 Å². The summed E-state index contributed by atoms with van der Waals surface area (Å²) in [6.07, 6.45) is 0. The van der Waals surface area contributed by atoms with Gasteiger partial charge in [-0.3, -0.25) is 14.5 Å². The van der Waals surface area contributed by atoms with Crippen LogP contribution in [0.3, 0.4) is 0 Å². The van der Waals surface area contributed by atoms with E-state index in [1.165, 1.54) is 0 Å². The summed E-state index contributed by atoms with van der Waals surface area (Å²) in [7, 11) is 0. The summed E-state index contributed by atoms with van der Waals surface area (Å²) in [4.78, 5) is 35.3. The topological polar surface area (TPSA) is 113 Å². The number of morpholine rings is 1. The Labute approximate surface area is 190 Å². The summed E-state index contributed by atoms with van der Waals surface area (Å²) >= 11 is 0. The van der Waals surface area contributed by atoms with E-state index in [0.717, 1.165) is 43.8 Å². The molecule has 8 nitrogen and oxygen atoms in total. The lowest BCUT2D eigenvalue weighted by atomic mass is 10.1. The van der Waals surface area contributed by atoms with E-state index in [1.807, 2.05) is 42.5 Å². The van der Waals surface area contributed by atoms with Crippen molar-refractivity contribution >= 4 is 33.8 Å². The number of amides is 2. The highest BCUT2D eigenvalue weighted by Gasteiger charge is 2.19. The molecule has 1 fully saturated rings. The van der Waals surface area contributed by atoms with Gasteiger partial charge in [-0.05, 0) is 24.3 Å². The predicted octanol–water partition coefficient (Wildman–Crippen LogP) is 2.54. The van der Waals surface area contributed by atoms with E-state index >= 15 is 0 Å². The number of H-pyrrole nitrogens is 1. The van der Waals surface area contributed by atoms with Gasteiger partial charge in [0.25, 0.3) is 5.91 Å². The SMILES string of the molecule is NC(=O)c1ccc2c(c1)[nH]c1c(C(=O)NCCN3CCOCC3)cc(-c3ccccc3)nc12. The summed E-state index contributed by atoms with van der Waals surface area (Å²) in [5, 5.41) is 3.88. The molecule has 2 aromatic heterocycles. The van der Waals surface area contributed by atoms with Crippen molar-refractivity contribution in [1.29, 1.82) is 0 Å². The first-order valence-electron chi connectivity index (χ1n) is 11.0. The summed E-state index contributed by atoms with van der Waals surface area (Å²) in [6, 6.07) is 16.8. The lowest BCUT2D eigenvalue weighted by Gasteiger charge is -2.26. The maximum absolute atomic E-state index is 13.3. The van der Waals surface area contributed by atoms with Crippen LogP contribution in [0.2, 0.25) is 0 Å². The summed E-state index contributed by atoms with van der Waals surface area (Å²) in [5.41, 5.74) is 10.0. The van der Waals surface area contributed by atoms with Gasteiger partial charge in [-0.15, -0.1) is 0 Å². The van der Waals surface area contributed by atoms with Crippen LogP contribution in [0.15, 0.2) is 54.6 Å². The molecule has 5 rings (SSSR count). The maximum Gasteiger partial charge on any atom is 0.253 e. The van der Waals surface area contributed by atoms with Crippen LogP contribution in [0.5, 0.6) is 0 Å². The highest BCUT2D eigenvalue weighted by Crippen LogP contribution is 2.30. The first kappa shape index (κ1) is 21.1. The number of aromatic nitrogens is 2. The molecule has 1 aliphatic heterocycles. The van der Waals surface area contributed by atoms with E-state index in [0.29, 0.717) is 39.9 Å². The average molecular weight is 444 g/mol. The molecule has 8 heteroatoms. The molecule has 0 bridgehead atoms. The summed E-state index contributed by atoms with van der Waals surface area (Å²) < 4.78 is 5.38. The van der Waals surface area contributed by atoms with Crippen molar-refractivity contribution in [2.45, 2.75) is 0 Å². The second-order valence-electron chi connectivity index (χ2n) is 8.10. The number of carbonyl (C=O) groups is 2. The fraction of sp³-hybridized carbons (Fsp3) is 0.240. The molecule has 33 heavy (non-hydrogen) atoms. The zero-order chi connectivity index (χ0) is 22.8. The van der Waals surface area contributed by atoms with Crippen molar-refractivity contribution in [3.8, 4) is 11.3 Å². The first-order chi connectivity index (χ1) is 16.1. The zero-order valence-corrected chi connectivity index (χ0v) is 18.1. The van der Waals surface area contributed by atoms with Gasteiger partial charge < -0.3 is 20.8 Å². The van der Waals surface area contributed by atoms with Gasteiger partial charge in [0.1, 0.15) is 0 Å². The van der Waals surface area contributed by atoms with Crippen LogP contribution in [0, 0.1) is 0 Å². The molecule has 0 atom stereocenters. The van der Waals surface area contributed by atoms with Gasteiger partial charge in [-0.25, -0.2) is 4.98 Å². The molecule has 2 aromatic carbocycles. The van der Waals surface area contributed by atoms with E-state index < -0.39 is 5.91 Å². The van der Waals surface area contributed by atoms with Crippen LogP contribution in [-0.2, 0) is 4.74 Å². The number of pyridine rings is 1. The third-order valence-corrected chi connectivity index (χ3v) is 5.97. The lowest BCUT2D eigenvalue weighted by molar-refractivity contribution is 0.0383. The average Bonchev–Trinajstić information content (AvgIpc) is 3.22. The van der Waals surface area contributed by atoms with Crippen LogP contribution in [-0.4, -0.2) is 66.1 Å². The minimum atomic E-state index is -0.505. The van der Waals surface area contributed by atoms with Gasteiger partial charge in [-0.2, -0.15) is 0 Å². The van der Waals surface area contributed by atoms with Crippen molar-refractivity contribution in [3.05, 3.63) is 65.7 Å². The number of hydrogen-bond donors (Lipinski definition) is 3. The Hall–Kier alpha value is -3.75. The molecule has 1 aliphatic rings. The van der Waals surface area contributed by atoms with Gasteiger partial charge in [0.2, 0.25) is 5.91 Å². The van der Waals surface area contributed by atoms with Gasteiger partial charge in [0.15, 0.2) is 0 Å². The van der Waals surface area contributed by atoms with E-state index in [4.69, 9.17) is 15.5 Å². The highest BCUT2D eigenvalue weighted by molar-refractivity contribution is 6.15. The summed E-state index contributed by atoms with van der Waals surface area (Å²) in [6.45, 7) is 4.50. The Balaban J connectivity index is 1.53. The third-order valence-electron chi connectivity index (χ3n) is 5.97. The van der Waals surface area contributed by atoms with Gasteiger partial charge in [0, 0.05) is 48.2 Å². The number of carbonyl (C=O) groups excluding carboxylic acids is 2. The number of fused-ring (bicyclic) bond motifs is 3. The van der Waals surface area contributed by atoms with Gasteiger partial charge in [-0.1, -0.05) is 30.3 Å². The minimum absolute atomic E-state index is 0.172. The quantitative estimate of drug-likeness (QED) is 0.424. The molecule has 0 saturated carbocycles. The predicted molar refractivity (Wildman–Crippen MR) is 127 cm³/mol. The Bertz CT molecular complexity index is 1330. The zero-order valence-electron chi connectivity index (χ0n) is 18.1. The normalized spacial score (nSPS) is 14.5. The molecule has 4 aromatic rings. The monoisotopic (exact) mass is 443 g/mol. The Morgan fingerprint density at radius 1 is 1.09 bits per heavy atom. The molecular formula is C25H25N5O3. The molecule has 168 valence electrons. The molecule has 0 radical (unpaired) electrons. The smallest absolute Gasteiger partial charge is 0.253 e. The molecule has 3 heterocycles. The van der Waals surface area contributed by atoms with Crippen molar-refractivity contribution in [2.75, 3.05) is 39.4 Å². The molecule has 4 N–H and O–H groups in total. The Morgan fingerprint density at radius 2 is 1.88 bits per heavy atom. The number of nitrogens with two attached hydrogens (primary N) is 1. The van der Waals surface area contributed by atoms with Gasteiger partial charge in [0.05, 0.1) is 35.5 Å². The fourth-order valence-electron chi connectivity index (χ4n) is 4.19. The number of rotatable bonds is 6. The van der Waals surface area contributed by atoms with E-state index in [2.05, 4.69) is 15.2 Å². The second kappa shape index (κ2) is 9.01. The molecule has 0 unspecified atom stereocenters. The highest BCUT2D eigenvalue weighted by atomic mass is 16.5. The Kier molecular flexibility index (Phi) is 5.77. The Morgan fingerprint density at radius 3 is 2.64 bits per heavy atom. The van der Waals surface area contributed by atoms with Crippen molar-refractivity contribution in [1.82, 2.24) is 20.2 Å². The van der Waals surface area contributed by atoms with Crippen LogP contribution in [0.25, 0.3) is 33.2 Å². The lowest BCUT2D eigenvalue weighted by Crippen LogP contribution is -2.41. The van der Waals surface area contributed by atoms with Crippen LogP contribution in [0.1, 0.15) is 20.7 Å². The number of hydrogen-bond acceptors (Lipinski definition) is 5. The third kappa shape index (κ3) is 4.30. The molecule has 1 saturated heterocycles. The largest absolute Gasteiger partial charge is 0.379 e. The van der Waals surface area contributed by atoms with Gasteiger partial charge >= 0.3 is 0 Å². The molecule has 0 aliphatic carbocycles. The van der Waals surface area contributed by atoms with Crippen molar-refractivity contribution in [3.63, 3.8) is 0 Å². The number of ether oxygens (including phenoxy) is 1. The van der Waals surface area contributed by atoms with Crippen molar-refractivity contribution < 1.29 is 14.3 Å². The second-order valence-corrected chi connectivity index (χ2v) is 8.10. The van der Waals surface area contributed by atoms with Crippen LogP contribution >= 0.6 is 0 Å². The van der Waals surface area contributed by atoms with E-state index in [1.54, 1.807) is 12.1 Å². The summed E-state index contributed by atoms with van der Waals surface area (Å²) in [5.74, 6) is -0.677. The number of primary amides is 1. The standard InChI is InChI=1S/C25H25N5O3/c26-24(31)17-6-7-18-21(14-17)29-23-19(25(32)27-8-9-30-10-12-33-13-11-30)15-20(28-22(18)23)16-4-2-1-3-5-16/h1-7,14-15,29H,8-13H2,(H2,26,31)(H,27,32). The maximum atomic E-state index is 13.3. The number of nitrogens with zero attached hydrogens (tertiary/aromatic N) is 2.